The predicted molar refractivity (Wildman–Crippen MR) is 81.2 cm³/mol. The summed E-state index contributed by atoms with van der Waals surface area (Å²) in [7, 11) is 0. The smallest absolute Gasteiger partial charge is 0.410 e. The zero-order chi connectivity index (χ0) is 15.2. The third-order valence-electron chi connectivity index (χ3n) is 3.51. The average Bonchev–Trinajstić information content (AvgIpc) is 2.97. The van der Waals surface area contributed by atoms with Crippen molar-refractivity contribution in [1.29, 1.82) is 0 Å². The Labute approximate surface area is 129 Å². The Balaban J connectivity index is 1.92. The average molecular weight is 308 g/mol. The fraction of sp³-hybridized carbons (Fsp3) is 0.375. The molecule has 0 aromatic heterocycles. The molecule has 21 heavy (non-hydrogen) atoms. The monoisotopic (exact) mass is 307 g/mol. The maximum absolute atomic E-state index is 12.1. The lowest BCUT2D eigenvalue weighted by molar-refractivity contribution is -0.113. The summed E-state index contributed by atoms with van der Waals surface area (Å²) in [5.74, 6) is -0.155. The van der Waals surface area contributed by atoms with Crippen LogP contribution in [0.15, 0.2) is 41.5 Å². The van der Waals surface area contributed by atoms with Crippen LogP contribution >= 0.6 is 11.6 Å². The van der Waals surface area contributed by atoms with Crippen molar-refractivity contribution in [3.8, 4) is 0 Å². The van der Waals surface area contributed by atoms with Crippen LogP contribution in [-0.2, 0) is 16.1 Å². The molecule has 0 saturated carbocycles. The third kappa shape index (κ3) is 3.85. The molecule has 0 aliphatic carbocycles. The largest absolute Gasteiger partial charge is 0.445 e. The van der Waals surface area contributed by atoms with E-state index in [1.807, 2.05) is 37.3 Å². The molecule has 2 rings (SSSR count). The molecule has 5 heteroatoms. The number of ether oxygens (including phenoxy) is 1. The highest BCUT2D eigenvalue weighted by Crippen LogP contribution is 2.22. The quantitative estimate of drug-likeness (QED) is 0.785. The maximum atomic E-state index is 12.1. The molecule has 0 N–H and O–H groups in total. The van der Waals surface area contributed by atoms with Crippen LogP contribution in [0, 0.1) is 0 Å². The normalized spacial score (nSPS) is 14.5. The molecule has 1 aromatic carbocycles. The number of Topliss-reactive ketones (excluding diaryl/α,β-unsaturated/α-hetero) is 1. The second kappa shape index (κ2) is 7.27. The summed E-state index contributed by atoms with van der Waals surface area (Å²) in [6.07, 6.45) is 0.336. The molecule has 0 spiro atoms. The van der Waals surface area contributed by atoms with Crippen molar-refractivity contribution in [2.24, 2.45) is 0 Å². The Morgan fingerprint density at radius 1 is 1.24 bits per heavy atom. The van der Waals surface area contributed by atoms with Crippen molar-refractivity contribution in [3.63, 3.8) is 0 Å². The predicted octanol–water partition coefficient (Wildman–Crippen LogP) is 3.15. The van der Waals surface area contributed by atoms with Crippen LogP contribution < -0.4 is 0 Å². The number of carbonyl (C=O) groups is 2. The lowest BCUT2D eigenvalue weighted by Gasteiger charge is -2.16. The number of halogens is 1. The second-order valence-corrected chi connectivity index (χ2v) is 5.16. The summed E-state index contributed by atoms with van der Waals surface area (Å²) in [5.41, 5.74) is 2.56. The molecule has 1 heterocycles. The van der Waals surface area contributed by atoms with Gasteiger partial charge in [0.1, 0.15) is 6.61 Å². The minimum atomic E-state index is -0.401. The summed E-state index contributed by atoms with van der Waals surface area (Å²) >= 11 is 5.60. The van der Waals surface area contributed by atoms with Crippen LogP contribution in [0.1, 0.15) is 18.9 Å². The van der Waals surface area contributed by atoms with E-state index in [1.165, 1.54) is 0 Å². The summed E-state index contributed by atoms with van der Waals surface area (Å²) in [4.78, 5) is 25.4. The van der Waals surface area contributed by atoms with Crippen LogP contribution in [0.4, 0.5) is 4.79 Å². The summed E-state index contributed by atoms with van der Waals surface area (Å²) in [6, 6.07) is 9.50. The first-order valence-corrected chi connectivity index (χ1v) is 7.44. The van der Waals surface area contributed by atoms with Crippen LogP contribution in [0.25, 0.3) is 0 Å². The van der Waals surface area contributed by atoms with Gasteiger partial charge in [0.25, 0.3) is 0 Å². The maximum Gasteiger partial charge on any atom is 0.410 e. The molecule has 0 fully saturated rings. The molecule has 0 unspecified atom stereocenters. The molecule has 0 saturated heterocycles. The Morgan fingerprint density at radius 2 is 1.95 bits per heavy atom. The van der Waals surface area contributed by atoms with Gasteiger partial charge in [-0.05, 0) is 17.6 Å². The van der Waals surface area contributed by atoms with E-state index < -0.39 is 6.09 Å². The minimum absolute atomic E-state index is 0.0499. The molecule has 1 aliphatic heterocycles. The minimum Gasteiger partial charge on any atom is -0.445 e. The van der Waals surface area contributed by atoms with Gasteiger partial charge in [0, 0.05) is 12.1 Å². The van der Waals surface area contributed by atoms with Crippen LogP contribution in [0.3, 0.4) is 0 Å². The van der Waals surface area contributed by atoms with Gasteiger partial charge in [0.15, 0.2) is 5.78 Å². The molecule has 112 valence electrons. The van der Waals surface area contributed by atoms with Gasteiger partial charge in [-0.2, -0.15) is 0 Å². The van der Waals surface area contributed by atoms with E-state index in [0.29, 0.717) is 18.7 Å². The second-order valence-electron chi connectivity index (χ2n) is 4.89. The number of carbonyl (C=O) groups excluding carboxylic acids is 2. The molecular formula is C16H18ClNO3. The van der Waals surface area contributed by atoms with E-state index in [4.69, 9.17) is 16.3 Å². The highest BCUT2D eigenvalue weighted by atomic mass is 35.5. The van der Waals surface area contributed by atoms with E-state index in [9.17, 15) is 9.59 Å². The highest BCUT2D eigenvalue weighted by Gasteiger charge is 2.29. The zero-order valence-corrected chi connectivity index (χ0v) is 12.7. The number of hydrogen-bond donors (Lipinski definition) is 0. The van der Waals surface area contributed by atoms with Crippen molar-refractivity contribution in [2.45, 2.75) is 20.0 Å². The Kier molecular flexibility index (Phi) is 5.39. The van der Waals surface area contributed by atoms with E-state index in [1.54, 1.807) is 4.90 Å². The van der Waals surface area contributed by atoms with Crippen molar-refractivity contribution in [3.05, 3.63) is 47.0 Å². The fourth-order valence-corrected chi connectivity index (χ4v) is 2.48. The molecule has 1 aromatic rings. The number of hydrogen-bond acceptors (Lipinski definition) is 3. The molecule has 1 amide bonds. The standard InChI is InChI=1S/C16H18ClNO3/c1-2-13-9-18(10-14(13)15(19)8-17)16(20)21-11-12-6-4-3-5-7-12/h3-7H,2,8-11H2,1H3. The van der Waals surface area contributed by atoms with Crippen molar-refractivity contribution in [2.75, 3.05) is 19.0 Å². The summed E-state index contributed by atoms with van der Waals surface area (Å²) in [6.45, 7) is 2.94. The highest BCUT2D eigenvalue weighted by molar-refractivity contribution is 6.30. The van der Waals surface area contributed by atoms with Gasteiger partial charge in [-0.25, -0.2) is 4.79 Å². The lowest BCUT2D eigenvalue weighted by Crippen LogP contribution is -2.30. The number of rotatable bonds is 5. The van der Waals surface area contributed by atoms with Gasteiger partial charge in [-0.15, -0.1) is 11.6 Å². The van der Waals surface area contributed by atoms with Crippen molar-refractivity contribution in [1.82, 2.24) is 4.90 Å². The van der Waals surface area contributed by atoms with Gasteiger partial charge in [0.2, 0.25) is 0 Å². The molecule has 0 bridgehead atoms. The van der Waals surface area contributed by atoms with E-state index in [-0.39, 0.29) is 18.3 Å². The van der Waals surface area contributed by atoms with Crippen LogP contribution in [-0.4, -0.2) is 35.7 Å². The Hall–Kier alpha value is -1.81. The zero-order valence-electron chi connectivity index (χ0n) is 12.0. The molecule has 0 radical (unpaired) electrons. The van der Waals surface area contributed by atoms with Crippen molar-refractivity contribution < 1.29 is 14.3 Å². The van der Waals surface area contributed by atoms with Gasteiger partial charge >= 0.3 is 6.09 Å². The van der Waals surface area contributed by atoms with Crippen molar-refractivity contribution >= 4 is 23.5 Å². The first kappa shape index (κ1) is 15.6. The SMILES string of the molecule is CCC1=C(C(=O)CCl)CN(C(=O)OCc2ccccc2)C1. The van der Waals surface area contributed by atoms with Crippen LogP contribution in [0.2, 0.25) is 0 Å². The fourth-order valence-electron chi connectivity index (χ4n) is 2.32. The molecular weight excluding hydrogens is 290 g/mol. The molecule has 0 atom stereocenters. The van der Waals surface area contributed by atoms with Gasteiger partial charge in [-0.3, -0.25) is 9.69 Å². The summed E-state index contributed by atoms with van der Waals surface area (Å²) < 4.78 is 5.28. The van der Waals surface area contributed by atoms with Gasteiger partial charge in [-0.1, -0.05) is 37.3 Å². The first-order chi connectivity index (χ1) is 10.2. The third-order valence-corrected chi connectivity index (χ3v) is 3.75. The number of benzene rings is 1. The Morgan fingerprint density at radius 3 is 2.57 bits per heavy atom. The van der Waals surface area contributed by atoms with Gasteiger partial charge < -0.3 is 4.74 Å². The van der Waals surface area contributed by atoms with E-state index >= 15 is 0 Å². The van der Waals surface area contributed by atoms with Gasteiger partial charge in [0.05, 0.1) is 12.4 Å². The van der Waals surface area contributed by atoms with E-state index in [0.717, 1.165) is 17.6 Å². The van der Waals surface area contributed by atoms with Crippen LogP contribution in [0.5, 0.6) is 0 Å². The molecule has 4 nitrogen and oxygen atoms in total. The molecule has 1 aliphatic rings. The number of alkyl halides is 1. The number of amides is 1. The summed E-state index contributed by atoms with van der Waals surface area (Å²) in [5, 5.41) is 0. The first-order valence-electron chi connectivity index (χ1n) is 6.91. The van der Waals surface area contributed by atoms with E-state index in [2.05, 4.69) is 0 Å². The Bertz CT molecular complexity index is 554. The topological polar surface area (TPSA) is 46.6 Å². The number of ketones is 1. The lowest BCUT2D eigenvalue weighted by atomic mass is 10.1. The number of nitrogens with zero attached hydrogens (tertiary/aromatic N) is 1.